The molecule has 0 aromatic rings. The van der Waals surface area contributed by atoms with Gasteiger partial charge in [0.2, 0.25) is 0 Å². The molecule has 56 valence electrons. The van der Waals surface area contributed by atoms with Crippen molar-refractivity contribution in [1.82, 2.24) is 10.9 Å². The second-order valence-corrected chi connectivity index (χ2v) is 2.57. The van der Waals surface area contributed by atoms with E-state index < -0.39 is 0 Å². The molecule has 0 heterocycles. The van der Waals surface area contributed by atoms with Crippen LogP contribution in [0.25, 0.3) is 0 Å². The van der Waals surface area contributed by atoms with Crippen LogP contribution in [0, 0.1) is 5.92 Å². The van der Waals surface area contributed by atoms with Crippen molar-refractivity contribution in [3.05, 3.63) is 0 Å². The monoisotopic (exact) mass is 130 g/mol. The van der Waals surface area contributed by atoms with Crippen LogP contribution in [-0.4, -0.2) is 13.1 Å². The summed E-state index contributed by atoms with van der Waals surface area (Å²) in [5.74, 6) is 0.748. The largest absolute Gasteiger partial charge is 0.261 e. The molecule has 0 saturated carbocycles. The molecule has 0 radical (unpaired) electrons. The molecule has 0 rings (SSSR count). The zero-order chi connectivity index (χ0) is 7.28. The number of nitrogens with one attached hydrogen (secondary N) is 2. The van der Waals surface area contributed by atoms with Gasteiger partial charge in [-0.05, 0) is 19.9 Å². The van der Waals surface area contributed by atoms with E-state index in [4.69, 9.17) is 0 Å². The highest BCUT2D eigenvalue weighted by atomic mass is 15.3. The molecule has 0 fully saturated rings. The molecular weight excluding hydrogens is 112 g/mol. The Morgan fingerprint density at radius 3 is 2.22 bits per heavy atom. The average Bonchev–Trinajstić information content (AvgIpc) is 1.87. The maximum Gasteiger partial charge on any atom is 0.0210 e. The lowest BCUT2D eigenvalue weighted by atomic mass is 10.0. The van der Waals surface area contributed by atoms with Crippen LogP contribution in [0.5, 0.6) is 0 Å². The van der Waals surface area contributed by atoms with Crippen LogP contribution in [0.15, 0.2) is 0 Å². The Kier molecular flexibility index (Phi) is 4.72. The van der Waals surface area contributed by atoms with E-state index >= 15 is 0 Å². The number of hydrogen-bond donors (Lipinski definition) is 2. The zero-order valence-corrected chi connectivity index (χ0v) is 6.86. The second-order valence-electron chi connectivity index (χ2n) is 2.57. The topological polar surface area (TPSA) is 24.1 Å². The van der Waals surface area contributed by atoms with E-state index in [-0.39, 0.29) is 0 Å². The fourth-order valence-electron chi connectivity index (χ4n) is 0.723. The highest BCUT2D eigenvalue weighted by Crippen LogP contribution is 2.04. The average molecular weight is 130 g/mol. The Hall–Kier alpha value is -0.0800. The van der Waals surface area contributed by atoms with Gasteiger partial charge >= 0.3 is 0 Å². The van der Waals surface area contributed by atoms with Gasteiger partial charge in [0.25, 0.3) is 0 Å². The van der Waals surface area contributed by atoms with E-state index in [1.165, 1.54) is 6.42 Å². The van der Waals surface area contributed by atoms with Crippen molar-refractivity contribution in [1.29, 1.82) is 0 Å². The number of rotatable bonds is 4. The van der Waals surface area contributed by atoms with E-state index in [0.717, 1.165) is 5.92 Å². The van der Waals surface area contributed by atoms with E-state index in [1.807, 2.05) is 7.05 Å². The lowest BCUT2D eigenvalue weighted by molar-refractivity contribution is 0.362. The zero-order valence-electron chi connectivity index (χ0n) is 6.86. The minimum atomic E-state index is 0.569. The summed E-state index contributed by atoms with van der Waals surface area (Å²) in [6, 6.07) is 0.569. The van der Waals surface area contributed by atoms with Crippen molar-refractivity contribution in [2.24, 2.45) is 5.92 Å². The molecule has 0 aliphatic heterocycles. The third-order valence-electron chi connectivity index (χ3n) is 1.87. The molecule has 0 aromatic heterocycles. The molecular formula is C7H18N2. The first-order valence-corrected chi connectivity index (χ1v) is 3.64. The van der Waals surface area contributed by atoms with Gasteiger partial charge in [0, 0.05) is 6.04 Å². The summed E-state index contributed by atoms with van der Waals surface area (Å²) in [4.78, 5) is 0. The lowest BCUT2D eigenvalue weighted by Crippen LogP contribution is -2.39. The van der Waals surface area contributed by atoms with Crippen LogP contribution in [0.1, 0.15) is 27.2 Å². The summed E-state index contributed by atoms with van der Waals surface area (Å²) >= 11 is 0. The first-order valence-electron chi connectivity index (χ1n) is 3.64. The molecule has 2 nitrogen and oxygen atoms in total. The third-order valence-corrected chi connectivity index (χ3v) is 1.87. The first kappa shape index (κ1) is 8.92. The van der Waals surface area contributed by atoms with Crippen LogP contribution < -0.4 is 10.9 Å². The molecule has 2 unspecified atom stereocenters. The van der Waals surface area contributed by atoms with Gasteiger partial charge in [-0.3, -0.25) is 10.9 Å². The number of hydrazine groups is 1. The van der Waals surface area contributed by atoms with Gasteiger partial charge in [-0.1, -0.05) is 20.3 Å². The smallest absolute Gasteiger partial charge is 0.0210 e. The molecule has 0 bridgehead atoms. The molecule has 0 aliphatic rings. The minimum Gasteiger partial charge on any atom is -0.261 e. The Morgan fingerprint density at radius 1 is 1.33 bits per heavy atom. The highest BCUT2D eigenvalue weighted by molar-refractivity contribution is 4.63. The van der Waals surface area contributed by atoms with Crippen LogP contribution >= 0.6 is 0 Å². The molecule has 2 heteroatoms. The van der Waals surface area contributed by atoms with Crippen molar-refractivity contribution >= 4 is 0 Å². The molecule has 0 aliphatic carbocycles. The second kappa shape index (κ2) is 4.77. The van der Waals surface area contributed by atoms with Crippen molar-refractivity contribution in [2.75, 3.05) is 7.05 Å². The van der Waals surface area contributed by atoms with Gasteiger partial charge in [0.15, 0.2) is 0 Å². The molecule has 0 aromatic carbocycles. The standard InChI is InChI=1S/C7H18N2/c1-5-6(2)7(3)9-8-4/h6-9H,5H2,1-4H3. The summed E-state index contributed by atoms with van der Waals surface area (Å²) in [5.41, 5.74) is 6.08. The molecule has 0 spiro atoms. The first-order chi connectivity index (χ1) is 4.22. The van der Waals surface area contributed by atoms with E-state index in [0.29, 0.717) is 6.04 Å². The molecule has 2 atom stereocenters. The van der Waals surface area contributed by atoms with Gasteiger partial charge in [-0.15, -0.1) is 0 Å². The van der Waals surface area contributed by atoms with Gasteiger partial charge in [0.05, 0.1) is 0 Å². The Balaban J connectivity index is 3.32. The fraction of sp³-hybridized carbons (Fsp3) is 1.00. The van der Waals surface area contributed by atoms with E-state index in [1.54, 1.807) is 0 Å². The van der Waals surface area contributed by atoms with E-state index in [9.17, 15) is 0 Å². The summed E-state index contributed by atoms with van der Waals surface area (Å²) in [6.07, 6.45) is 1.23. The minimum absolute atomic E-state index is 0.569. The molecule has 0 saturated heterocycles. The van der Waals surface area contributed by atoms with Crippen LogP contribution in [0.2, 0.25) is 0 Å². The van der Waals surface area contributed by atoms with Crippen molar-refractivity contribution < 1.29 is 0 Å². The third kappa shape index (κ3) is 3.49. The predicted molar refractivity (Wildman–Crippen MR) is 41.1 cm³/mol. The van der Waals surface area contributed by atoms with E-state index in [2.05, 4.69) is 31.6 Å². The Labute approximate surface area is 58.0 Å². The van der Waals surface area contributed by atoms with Crippen molar-refractivity contribution in [3.8, 4) is 0 Å². The van der Waals surface area contributed by atoms with Crippen LogP contribution in [0.4, 0.5) is 0 Å². The normalized spacial score (nSPS) is 17.3. The quantitative estimate of drug-likeness (QED) is 0.558. The van der Waals surface area contributed by atoms with Gasteiger partial charge in [-0.2, -0.15) is 0 Å². The summed E-state index contributed by atoms with van der Waals surface area (Å²) in [5, 5.41) is 0. The molecule has 9 heavy (non-hydrogen) atoms. The summed E-state index contributed by atoms with van der Waals surface area (Å²) < 4.78 is 0. The molecule has 2 N–H and O–H groups in total. The van der Waals surface area contributed by atoms with Crippen molar-refractivity contribution in [2.45, 2.75) is 33.2 Å². The highest BCUT2D eigenvalue weighted by Gasteiger charge is 2.06. The van der Waals surface area contributed by atoms with Crippen molar-refractivity contribution in [3.63, 3.8) is 0 Å². The fourth-order valence-corrected chi connectivity index (χ4v) is 0.723. The van der Waals surface area contributed by atoms with Crippen LogP contribution in [0.3, 0.4) is 0 Å². The predicted octanol–water partition coefficient (Wildman–Crippen LogP) is 1.14. The number of hydrogen-bond acceptors (Lipinski definition) is 2. The summed E-state index contributed by atoms with van der Waals surface area (Å²) in [7, 11) is 1.90. The van der Waals surface area contributed by atoms with Gasteiger partial charge in [0.1, 0.15) is 0 Å². The summed E-state index contributed by atoms with van der Waals surface area (Å²) in [6.45, 7) is 6.64. The Morgan fingerprint density at radius 2 is 1.89 bits per heavy atom. The molecule has 0 amide bonds. The van der Waals surface area contributed by atoms with Gasteiger partial charge < -0.3 is 0 Å². The SMILES string of the molecule is CCC(C)C(C)NNC. The lowest BCUT2D eigenvalue weighted by Gasteiger charge is -2.18. The maximum absolute atomic E-state index is 3.15. The van der Waals surface area contributed by atoms with Crippen LogP contribution in [-0.2, 0) is 0 Å². The van der Waals surface area contributed by atoms with Gasteiger partial charge in [-0.25, -0.2) is 0 Å². The Bertz CT molecular complexity index is 63.9. The maximum atomic E-state index is 3.15.